The van der Waals surface area contributed by atoms with Gasteiger partial charge in [-0.05, 0) is 29.3 Å². The minimum atomic E-state index is -1.18. The smallest absolute Gasteiger partial charge is 0.414 e. The number of nitrogens with zero attached hydrogens (tertiary/aromatic N) is 2. The molecule has 0 unspecified atom stereocenters. The van der Waals surface area contributed by atoms with Crippen LogP contribution in [0.3, 0.4) is 0 Å². The van der Waals surface area contributed by atoms with Crippen LogP contribution in [-0.2, 0) is 25.7 Å². The Morgan fingerprint density at radius 3 is 2.53 bits per heavy atom. The van der Waals surface area contributed by atoms with Crippen LogP contribution in [0, 0.1) is 5.82 Å². The molecule has 1 aliphatic heterocycles. The molecular weight excluding hydrogens is 473 g/mol. The molecule has 3 rings (SSSR count). The second kappa shape index (κ2) is 11.6. The van der Waals surface area contributed by atoms with Crippen molar-refractivity contribution in [3.63, 3.8) is 0 Å². The van der Waals surface area contributed by atoms with Crippen molar-refractivity contribution in [2.24, 2.45) is 11.5 Å². The summed E-state index contributed by atoms with van der Waals surface area (Å²) in [5.41, 5.74) is 12.6. The van der Waals surface area contributed by atoms with E-state index in [2.05, 4.69) is 5.32 Å². The molecule has 1 fully saturated rings. The molecule has 0 saturated carbocycles. The molecule has 12 heteroatoms. The highest BCUT2D eigenvalue weighted by molar-refractivity contribution is 5.90. The number of hydrogen-bond acceptors (Lipinski definition) is 7. The van der Waals surface area contributed by atoms with E-state index in [9.17, 15) is 23.6 Å². The van der Waals surface area contributed by atoms with Crippen LogP contribution < -0.4 is 21.7 Å². The number of aliphatic hydroxyl groups is 1. The van der Waals surface area contributed by atoms with Gasteiger partial charge in [0.1, 0.15) is 18.0 Å². The van der Waals surface area contributed by atoms with Crippen LogP contribution in [0.25, 0.3) is 11.1 Å². The first-order chi connectivity index (χ1) is 17.1. The molecule has 11 nitrogen and oxygen atoms in total. The Hall–Kier alpha value is -4.03. The average Bonchev–Trinajstić information content (AvgIpc) is 3.22. The van der Waals surface area contributed by atoms with Crippen molar-refractivity contribution in [2.45, 2.75) is 25.6 Å². The summed E-state index contributed by atoms with van der Waals surface area (Å²) in [6, 6.07) is 9.83. The van der Waals surface area contributed by atoms with Crippen molar-refractivity contribution in [2.75, 3.05) is 31.1 Å². The first kappa shape index (κ1) is 26.6. The number of amides is 4. The fourth-order valence-corrected chi connectivity index (χ4v) is 3.72. The van der Waals surface area contributed by atoms with Gasteiger partial charge >= 0.3 is 6.09 Å². The second-order valence-corrected chi connectivity index (χ2v) is 8.36. The van der Waals surface area contributed by atoms with E-state index < -0.39 is 42.5 Å². The maximum atomic E-state index is 15.0. The number of hydrogen-bond donors (Lipinski definition) is 4. The largest absolute Gasteiger partial charge is 0.442 e. The van der Waals surface area contributed by atoms with E-state index in [0.29, 0.717) is 22.4 Å². The zero-order valence-electron chi connectivity index (χ0n) is 19.6. The van der Waals surface area contributed by atoms with Gasteiger partial charge in [-0.15, -0.1) is 0 Å². The molecule has 6 N–H and O–H groups in total. The first-order valence-electron chi connectivity index (χ1n) is 11.1. The van der Waals surface area contributed by atoms with Crippen LogP contribution in [0.15, 0.2) is 42.5 Å². The number of ether oxygens (including phenoxy) is 1. The van der Waals surface area contributed by atoms with E-state index in [-0.39, 0.29) is 32.1 Å². The molecule has 192 valence electrons. The summed E-state index contributed by atoms with van der Waals surface area (Å²) in [6.45, 7) is 0.779. The molecule has 2 aromatic rings. The number of carbonyl (C=O) groups is 4. The number of nitrogens with one attached hydrogen (secondary N) is 1. The van der Waals surface area contributed by atoms with Crippen molar-refractivity contribution in [1.82, 2.24) is 10.2 Å². The van der Waals surface area contributed by atoms with Gasteiger partial charge in [-0.25, -0.2) is 9.18 Å². The van der Waals surface area contributed by atoms with Gasteiger partial charge in [0, 0.05) is 19.0 Å². The van der Waals surface area contributed by atoms with E-state index in [4.69, 9.17) is 21.3 Å². The highest BCUT2D eigenvalue weighted by atomic mass is 19.1. The second-order valence-electron chi connectivity index (χ2n) is 8.36. The third-order valence-corrected chi connectivity index (χ3v) is 5.53. The quantitative estimate of drug-likeness (QED) is 0.358. The van der Waals surface area contributed by atoms with Crippen molar-refractivity contribution in [3.8, 4) is 11.1 Å². The van der Waals surface area contributed by atoms with E-state index in [1.807, 2.05) is 0 Å². The van der Waals surface area contributed by atoms with Crippen LogP contribution in [-0.4, -0.2) is 72.2 Å². The van der Waals surface area contributed by atoms with Crippen LogP contribution in [0.5, 0.6) is 0 Å². The number of anilines is 1. The molecule has 2 aromatic carbocycles. The predicted octanol–water partition coefficient (Wildman–Crippen LogP) is 0.0875. The van der Waals surface area contributed by atoms with Crippen molar-refractivity contribution >= 4 is 29.5 Å². The fourth-order valence-electron chi connectivity index (χ4n) is 3.72. The summed E-state index contributed by atoms with van der Waals surface area (Å²) in [7, 11) is 0. The van der Waals surface area contributed by atoms with Crippen LogP contribution in [0.1, 0.15) is 12.5 Å². The van der Waals surface area contributed by atoms with E-state index in [0.717, 1.165) is 4.90 Å². The zero-order chi connectivity index (χ0) is 26.4. The Morgan fingerprint density at radius 2 is 1.94 bits per heavy atom. The Balaban J connectivity index is 1.72. The lowest BCUT2D eigenvalue weighted by molar-refractivity contribution is -0.137. The van der Waals surface area contributed by atoms with Crippen LogP contribution in [0.2, 0.25) is 0 Å². The lowest BCUT2D eigenvalue weighted by atomic mass is 10.0. The molecule has 1 saturated heterocycles. The minimum absolute atomic E-state index is 0.0217. The monoisotopic (exact) mass is 501 g/mol. The third-order valence-electron chi connectivity index (χ3n) is 5.53. The topological polar surface area (TPSA) is 168 Å². The Morgan fingerprint density at radius 1 is 1.25 bits per heavy atom. The number of carbonyl (C=O) groups excluding carboxylic acids is 4. The summed E-state index contributed by atoms with van der Waals surface area (Å²) < 4.78 is 20.2. The number of rotatable bonds is 10. The number of nitrogens with two attached hydrogens (primary N) is 2. The van der Waals surface area contributed by atoms with Gasteiger partial charge in [0.15, 0.2) is 0 Å². The summed E-state index contributed by atoms with van der Waals surface area (Å²) in [5.74, 6) is -2.15. The fraction of sp³-hybridized carbons (Fsp3) is 0.333. The maximum Gasteiger partial charge on any atom is 0.414 e. The molecule has 0 bridgehead atoms. The molecule has 0 radical (unpaired) electrons. The molecule has 0 aliphatic carbocycles. The Labute approximate surface area is 206 Å². The van der Waals surface area contributed by atoms with Gasteiger partial charge in [0.2, 0.25) is 17.7 Å². The van der Waals surface area contributed by atoms with E-state index >= 15 is 0 Å². The summed E-state index contributed by atoms with van der Waals surface area (Å²) in [4.78, 5) is 49.4. The van der Waals surface area contributed by atoms with Gasteiger partial charge < -0.3 is 31.5 Å². The van der Waals surface area contributed by atoms with Crippen LogP contribution >= 0.6 is 0 Å². The molecular formula is C24H28FN5O6. The van der Waals surface area contributed by atoms with Crippen molar-refractivity contribution < 1.29 is 33.4 Å². The Bertz CT molecular complexity index is 1140. The average molecular weight is 502 g/mol. The standard InChI is InChI=1S/C24H28FN5O6/c1-14(32)28-9-18-11-30(24(35)36-18)17-6-7-19(20(25)8-17)16-4-2-15(3-5-16)10-29(12-22(27)33)23(34)21(26)13-31/h2-8,18,21,31H,9-13,26H2,1H3,(H2,27,33)(H,28,32)/t18-,21-/m0/s1. The highest BCUT2D eigenvalue weighted by Gasteiger charge is 2.32. The first-order valence-corrected chi connectivity index (χ1v) is 11.1. The number of halogens is 1. The normalized spacial score (nSPS) is 15.8. The SMILES string of the molecule is CC(=O)NC[C@H]1CN(c2ccc(-c3ccc(CN(CC(N)=O)C(=O)[C@@H](N)CO)cc3)c(F)c2)C(=O)O1. The van der Waals surface area contributed by atoms with Gasteiger partial charge in [0.25, 0.3) is 0 Å². The Kier molecular flexibility index (Phi) is 8.56. The molecule has 1 aliphatic rings. The van der Waals surface area contributed by atoms with Crippen molar-refractivity contribution in [1.29, 1.82) is 0 Å². The predicted molar refractivity (Wildman–Crippen MR) is 128 cm³/mol. The summed E-state index contributed by atoms with van der Waals surface area (Å²) in [6.07, 6.45) is -1.16. The molecule has 1 heterocycles. The van der Waals surface area contributed by atoms with Gasteiger partial charge in [-0.2, -0.15) is 0 Å². The highest BCUT2D eigenvalue weighted by Crippen LogP contribution is 2.29. The summed E-state index contributed by atoms with van der Waals surface area (Å²) >= 11 is 0. The molecule has 4 amide bonds. The van der Waals surface area contributed by atoms with Crippen LogP contribution in [0.4, 0.5) is 14.9 Å². The number of benzene rings is 2. The summed E-state index contributed by atoms with van der Waals surface area (Å²) in [5, 5.41) is 11.7. The molecule has 0 aromatic heterocycles. The van der Waals surface area contributed by atoms with Gasteiger partial charge in [0.05, 0.1) is 31.9 Å². The molecule has 0 spiro atoms. The van der Waals surface area contributed by atoms with Gasteiger partial charge in [-0.3, -0.25) is 19.3 Å². The van der Waals surface area contributed by atoms with E-state index in [1.165, 1.54) is 24.0 Å². The van der Waals surface area contributed by atoms with Gasteiger partial charge in [-0.1, -0.05) is 24.3 Å². The lowest BCUT2D eigenvalue weighted by Gasteiger charge is -2.24. The third kappa shape index (κ3) is 6.55. The minimum Gasteiger partial charge on any atom is -0.442 e. The number of primary amides is 1. The number of aliphatic hydroxyl groups excluding tert-OH is 1. The molecule has 2 atom stereocenters. The lowest BCUT2D eigenvalue weighted by Crippen LogP contribution is -2.48. The maximum absolute atomic E-state index is 15.0. The van der Waals surface area contributed by atoms with E-state index in [1.54, 1.807) is 30.3 Å². The van der Waals surface area contributed by atoms with Crippen molar-refractivity contribution in [3.05, 3.63) is 53.8 Å². The zero-order valence-corrected chi connectivity index (χ0v) is 19.6. The molecule has 36 heavy (non-hydrogen) atoms. The number of cyclic esters (lactones) is 1.